The zero-order valence-corrected chi connectivity index (χ0v) is 13.1. The molecule has 4 nitrogen and oxygen atoms in total. The van der Waals surface area contributed by atoms with Gasteiger partial charge in [0.2, 0.25) is 5.76 Å². The molecule has 1 unspecified atom stereocenters. The summed E-state index contributed by atoms with van der Waals surface area (Å²) in [5.41, 5.74) is 2.22. The van der Waals surface area contributed by atoms with Crippen LogP contribution in [0.1, 0.15) is 42.5 Å². The number of hydrogen-bond acceptors (Lipinski definition) is 3. The van der Waals surface area contributed by atoms with Crippen LogP contribution in [0.5, 0.6) is 0 Å². The van der Waals surface area contributed by atoms with Gasteiger partial charge < -0.3 is 9.52 Å². The molecular formula is C16H18O4S. The third-order valence-corrected chi connectivity index (χ3v) is 4.40. The lowest BCUT2D eigenvalue weighted by Crippen LogP contribution is -2.10. The zero-order valence-electron chi connectivity index (χ0n) is 12.3. The first-order chi connectivity index (χ1) is 9.77. The van der Waals surface area contributed by atoms with E-state index < -0.39 is 16.8 Å². The summed E-state index contributed by atoms with van der Waals surface area (Å²) in [5, 5.41) is 8.97. The van der Waals surface area contributed by atoms with E-state index in [0.29, 0.717) is 5.75 Å². The van der Waals surface area contributed by atoms with Gasteiger partial charge >= 0.3 is 5.97 Å². The molecule has 2 rings (SSSR count). The molecule has 1 aromatic heterocycles. The summed E-state index contributed by atoms with van der Waals surface area (Å²) in [6, 6.07) is 10.7. The van der Waals surface area contributed by atoms with E-state index in [4.69, 9.17) is 9.52 Å². The average molecular weight is 306 g/mol. The molecule has 1 heterocycles. The Bertz CT molecular complexity index is 662. The van der Waals surface area contributed by atoms with Crippen LogP contribution >= 0.6 is 0 Å². The Morgan fingerprint density at radius 1 is 1.14 bits per heavy atom. The fourth-order valence-electron chi connectivity index (χ4n) is 1.88. The molecule has 0 fully saturated rings. The van der Waals surface area contributed by atoms with E-state index in [-0.39, 0.29) is 16.3 Å². The van der Waals surface area contributed by atoms with Gasteiger partial charge in [0.1, 0.15) is 0 Å². The van der Waals surface area contributed by atoms with Gasteiger partial charge in [-0.1, -0.05) is 45.0 Å². The number of carboxylic acid groups (broad SMARTS) is 1. The summed E-state index contributed by atoms with van der Waals surface area (Å²) >= 11 is 0. The Balaban J connectivity index is 2.10. The SMILES string of the molecule is CC(C)(C)c1ccc(CS(=O)c2ccc(C(=O)O)o2)cc1. The molecule has 1 N–H and O–H groups in total. The Hall–Kier alpha value is -1.88. The predicted octanol–water partition coefficient (Wildman–Crippen LogP) is 3.58. The van der Waals surface area contributed by atoms with Crippen LogP contribution in [0.25, 0.3) is 0 Å². The first kappa shape index (κ1) is 15.5. The Morgan fingerprint density at radius 3 is 2.24 bits per heavy atom. The van der Waals surface area contributed by atoms with Crippen LogP contribution < -0.4 is 0 Å². The Kier molecular flexibility index (Phi) is 4.32. The molecule has 1 atom stereocenters. The third kappa shape index (κ3) is 3.82. The summed E-state index contributed by atoms with van der Waals surface area (Å²) in [7, 11) is -1.39. The highest BCUT2D eigenvalue weighted by atomic mass is 32.2. The van der Waals surface area contributed by atoms with Crippen molar-refractivity contribution in [1.29, 1.82) is 0 Å². The Morgan fingerprint density at radius 2 is 1.76 bits per heavy atom. The molecule has 0 amide bonds. The maximum Gasteiger partial charge on any atom is 0.371 e. The third-order valence-electron chi connectivity index (χ3n) is 3.13. The van der Waals surface area contributed by atoms with E-state index in [1.807, 2.05) is 24.3 Å². The number of hydrogen-bond donors (Lipinski definition) is 1. The summed E-state index contributed by atoms with van der Waals surface area (Å²) in [4.78, 5) is 10.7. The van der Waals surface area contributed by atoms with Crippen LogP contribution in [0.2, 0.25) is 0 Å². The molecule has 0 saturated heterocycles. The molecule has 0 aliphatic rings. The molecular weight excluding hydrogens is 288 g/mol. The summed E-state index contributed by atoms with van der Waals surface area (Å²) < 4.78 is 17.2. The predicted molar refractivity (Wildman–Crippen MR) is 80.9 cm³/mol. The van der Waals surface area contributed by atoms with Gasteiger partial charge in [-0.15, -0.1) is 0 Å². The van der Waals surface area contributed by atoms with Gasteiger partial charge in [0.05, 0.1) is 16.6 Å². The molecule has 2 aromatic rings. The van der Waals surface area contributed by atoms with Crippen molar-refractivity contribution in [2.75, 3.05) is 0 Å². The van der Waals surface area contributed by atoms with E-state index >= 15 is 0 Å². The van der Waals surface area contributed by atoms with E-state index in [1.54, 1.807) is 0 Å². The molecule has 0 spiro atoms. The van der Waals surface area contributed by atoms with Crippen LogP contribution in [0.3, 0.4) is 0 Å². The first-order valence-electron chi connectivity index (χ1n) is 6.58. The van der Waals surface area contributed by atoms with Gasteiger partial charge in [-0.3, -0.25) is 4.21 Å². The van der Waals surface area contributed by atoms with E-state index in [9.17, 15) is 9.00 Å². The number of aromatic carboxylic acids is 1. The van der Waals surface area contributed by atoms with Crippen LogP contribution in [0.4, 0.5) is 0 Å². The highest BCUT2D eigenvalue weighted by molar-refractivity contribution is 7.84. The van der Waals surface area contributed by atoms with Crippen molar-refractivity contribution in [3.8, 4) is 0 Å². The highest BCUT2D eigenvalue weighted by Gasteiger charge is 2.16. The largest absolute Gasteiger partial charge is 0.475 e. The molecule has 112 valence electrons. The lowest BCUT2D eigenvalue weighted by molar-refractivity contribution is 0.0656. The number of furan rings is 1. The summed E-state index contributed by atoms with van der Waals surface area (Å²) in [6.45, 7) is 6.41. The second kappa shape index (κ2) is 5.85. The van der Waals surface area contributed by atoms with Crippen LogP contribution in [0, 0.1) is 0 Å². The number of carboxylic acids is 1. The van der Waals surface area contributed by atoms with Crippen molar-refractivity contribution in [2.45, 2.75) is 37.0 Å². The van der Waals surface area contributed by atoms with Crippen molar-refractivity contribution < 1.29 is 18.5 Å². The van der Waals surface area contributed by atoms with Crippen LogP contribution in [-0.2, 0) is 22.0 Å². The van der Waals surface area contributed by atoms with Gasteiger partial charge in [-0.25, -0.2) is 4.79 Å². The fraction of sp³-hybridized carbons (Fsp3) is 0.312. The monoisotopic (exact) mass is 306 g/mol. The molecule has 0 aliphatic carbocycles. The molecule has 0 radical (unpaired) electrons. The number of rotatable bonds is 4. The summed E-state index contributed by atoms with van der Waals surface area (Å²) in [5.74, 6) is -1.05. The van der Waals surface area contributed by atoms with Crippen LogP contribution in [-0.4, -0.2) is 15.3 Å². The van der Waals surface area contributed by atoms with Crippen molar-refractivity contribution in [3.05, 3.63) is 53.3 Å². The molecule has 0 saturated carbocycles. The lowest BCUT2D eigenvalue weighted by Gasteiger charge is -2.19. The fourth-order valence-corrected chi connectivity index (χ4v) is 2.92. The van der Waals surface area contributed by atoms with Gasteiger partial charge in [0, 0.05) is 0 Å². The number of benzene rings is 1. The Labute approximate surface area is 126 Å². The minimum absolute atomic E-state index is 0.0785. The van der Waals surface area contributed by atoms with Gasteiger partial charge in [0.25, 0.3) is 0 Å². The molecule has 0 aliphatic heterocycles. The van der Waals surface area contributed by atoms with E-state index in [0.717, 1.165) is 5.56 Å². The summed E-state index contributed by atoms with van der Waals surface area (Å²) in [6.07, 6.45) is 0. The second-order valence-electron chi connectivity index (χ2n) is 5.86. The second-order valence-corrected chi connectivity index (χ2v) is 7.24. The normalized spacial score (nSPS) is 13.1. The van der Waals surface area contributed by atoms with Crippen molar-refractivity contribution in [1.82, 2.24) is 0 Å². The average Bonchev–Trinajstić information content (AvgIpc) is 2.88. The highest BCUT2D eigenvalue weighted by Crippen LogP contribution is 2.23. The van der Waals surface area contributed by atoms with Gasteiger partial charge in [0.15, 0.2) is 5.09 Å². The van der Waals surface area contributed by atoms with Gasteiger partial charge in [-0.2, -0.15) is 0 Å². The molecule has 5 heteroatoms. The van der Waals surface area contributed by atoms with E-state index in [2.05, 4.69) is 20.8 Å². The molecule has 0 bridgehead atoms. The minimum atomic E-state index is -1.39. The standard InChI is InChI=1S/C16H18O4S/c1-16(2,3)12-6-4-11(5-7-12)10-21(19)14-9-8-13(20-14)15(17)18/h4-9H,10H2,1-3H3,(H,17,18). The minimum Gasteiger partial charge on any atom is -0.475 e. The first-order valence-corrected chi connectivity index (χ1v) is 7.90. The smallest absolute Gasteiger partial charge is 0.371 e. The molecule has 1 aromatic carbocycles. The number of carbonyl (C=O) groups is 1. The van der Waals surface area contributed by atoms with Crippen LogP contribution in [0.15, 0.2) is 45.9 Å². The molecule has 21 heavy (non-hydrogen) atoms. The van der Waals surface area contributed by atoms with Crippen molar-refractivity contribution in [3.63, 3.8) is 0 Å². The lowest BCUT2D eigenvalue weighted by atomic mass is 9.87. The maximum atomic E-state index is 12.2. The topological polar surface area (TPSA) is 67.5 Å². The quantitative estimate of drug-likeness (QED) is 0.937. The van der Waals surface area contributed by atoms with Gasteiger partial charge in [-0.05, 0) is 28.7 Å². The van der Waals surface area contributed by atoms with E-state index in [1.165, 1.54) is 17.7 Å². The van der Waals surface area contributed by atoms with Crippen molar-refractivity contribution in [2.24, 2.45) is 0 Å². The maximum absolute atomic E-state index is 12.2. The van der Waals surface area contributed by atoms with Crippen molar-refractivity contribution >= 4 is 16.8 Å². The zero-order chi connectivity index (χ0) is 15.6.